The number of ether oxygens (including phenoxy) is 4. The van der Waals surface area contributed by atoms with Gasteiger partial charge in [-0.2, -0.15) is 11.8 Å². The van der Waals surface area contributed by atoms with Gasteiger partial charge in [0.25, 0.3) is 0 Å². The number of hydrogen-bond acceptors (Lipinski definition) is 11. The van der Waals surface area contributed by atoms with Crippen LogP contribution < -0.4 is 5.32 Å². The molecule has 9 atom stereocenters. The van der Waals surface area contributed by atoms with E-state index < -0.39 is 36.0 Å². The Balaban J connectivity index is 1.50. The molecule has 46 heavy (non-hydrogen) atoms. The van der Waals surface area contributed by atoms with Crippen LogP contribution in [0.1, 0.15) is 73.1 Å². The lowest BCUT2D eigenvalue weighted by Crippen LogP contribution is -2.50. The van der Waals surface area contributed by atoms with Gasteiger partial charge in [-0.05, 0) is 51.9 Å². The standard InChI is InChI=1S/C34H50N2O9S/c1-20(7-10-30-21(2)13-29(23(4)44-30)36-32(40)12-9-22(3)43-24(5)37)8-11-31-33(41)34(19-42-34)17-28(45-31)16-26(38)14-25(35)15-27(39)18-46-6/h7-9,11-12,21-23,28-31,33,35,41H,10,13-19H2,1-6H3,(H,36,40)/b11-8+,12-9-,20-7+,35-25?/t21-,22-,23+,28+,29+,30-,31+,33+,34+/m0/s1. The summed E-state index contributed by atoms with van der Waals surface area (Å²) in [6, 6.07) is -0.146. The maximum absolute atomic E-state index is 12.7. The van der Waals surface area contributed by atoms with Crippen molar-refractivity contribution in [3.63, 3.8) is 0 Å². The first-order valence-corrected chi connectivity index (χ1v) is 17.3. The summed E-state index contributed by atoms with van der Waals surface area (Å²) in [5.74, 6) is -0.379. The summed E-state index contributed by atoms with van der Waals surface area (Å²) in [5.41, 5.74) is 0.357. The second-order valence-electron chi connectivity index (χ2n) is 12.8. The van der Waals surface area contributed by atoms with Crippen LogP contribution in [0.3, 0.4) is 0 Å². The van der Waals surface area contributed by atoms with Gasteiger partial charge in [0.05, 0.1) is 36.7 Å². The topological polar surface area (TPSA) is 165 Å². The van der Waals surface area contributed by atoms with Crippen LogP contribution in [0, 0.1) is 11.3 Å². The second-order valence-corrected chi connectivity index (χ2v) is 13.7. The zero-order valence-corrected chi connectivity index (χ0v) is 28.6. The number of amides is 1. The van der Waals surface area contributed by atoms with Crippen molar-refractivity contribution in [2.75, 3.05) is 18.6 Å². The number of carbonyl (C=O) groups excluding carboxylic acids is 4. The minimum atomic E-state index is -0.861. The van der Waals surface area contributed by atoms with E-state index in [0.29, 0.717) is 25.2 Å². The Morgan fingerprint density at radius 2 is 1.83 bits per heavy atom. The molecule has 1 amide bonds. The highest BCUT2D eigenvalue weighted by molar-refractivity contribution is 7.99. The molecule has 11 nitrogen and oxygen atoms in total. The highest BCUT2D eigenvalue weighted by Gasteiger charge is 2.58. The lowest BCUT2D eigenvalue weighted by atomic mass is 9.86. The first kappa shape index (κ1) is 37.8. The number of ketones is 2. The Morgan fingerprint density at radius 1 is 1.13 bits per heavy atom. The monoisotopic (exact) mass is 662 g/mol. The smallest absolute Gasteiger partial charge is 0.303 e. The third kappa shape index (κ3) is 11.9. The molecule has 0 aromatic carbocycles. The molecule has 3 N–H and O–H groups in total. The van der Waals surface area contributed by atoms with E-state index in [1.54, 1.807) is 19.1 Å². The van der Waals surface area contributed by atoms with E-state index in [1.165, 1.54) is 24.8 Å². The van der Waals surface area contributed by atoms with Crippen LogP contribution in [0.5, 0.6) is 0 Å². The predicted octanol–water partition coefficient (Wildman–Crippen LogP) is 3.66. The Kier molecular flexibility index (Phi) is 14.4. The quantitative estimate of drug-likeness (QED) is 0.0730. The zero-order valence-electron chi connectivity index (χ0n) is 27.8. The molecule has 3 rings (SSSR count). The number of epoxide rings is 1. The number of aliphatic hydroxyl groups is 1. The molecular formula is C34H50N2O9S. The first-order valence-electron chi connectivity index (χ1n) is 15.9. The number of allylic oxidation sites excluding steroid dienone is 2. The largest absolute Gasteiger partial charge is 0.459 e. The second kappa shape index (κ2) is 17.5. The molecule has 0 aromatic heterocycles. The molecule has 3 fully saturated rings. The van der Waals surface area contributed by atoms with E-state index in [9.17, 15) is 24.3 Å². The summed E-state index contributed by atoms with van der Waals surface area (Å²) in [4.78, 5) is 47.9. The van der Waals surface area contributed by atoms with E-state index >= 15 is 0 Å². The molecule has 3 saturated heterocycles. The van der Waals surface area contributed by atoms with E-state index in [2.05, 4.69) is 18.3 Å². The minimum absolute atomic E-state index is 0.0151. The molecule has 3 aliphatic rings. The van der Waals surface area contributed by atoms with Gasteiger partial charge >= 0.3 is 5.97 Å². The van der Waals surface area contributed by atoms with Crippen LogP contribution in [0.4, 0.5) is 0 Å². The molecule has 0 saturated carbocycles. The van der Waals surface area contributed by atoms with Gasteiger partial charge in [-0.3, -0.25) is 19.2 Å². The average Bonchev–Trinajstić information content (AvgIpc) is 3.73. The van der Waals surface area contributed by atoms with Gasteiger partial charge in [0, 0.05) is 44.4 Å². The average molecular weight is 663 g/mol. The van der Waals surface area contributed by atoms with Gasteiger partial charge < -0.3 is 34.8 Å². The SMILES string of the molecule is CSCC(=O)CC(=N)CC(=O)C[C@@H]1C[C@@]2(CO2)[C@H](O)[C@@H](/C=C/C(C)=C/C[C@@H]2O[C@H](C)[C@H](NC(=O)/C=C\[C@H](C)OC(C)=O)C[C@@H]2C)O1. The van der Waals surface area contributed by atoms with Gasteiger partial charge in [0.2, 0.25) is 5.91 Å². The molecule has 0 bridgehead atoms. The van der Waals surface area contributed by atoms with Gasteiger partial charge in [0.15, 0.2) is 0 Å². The van der Waals surface area contributed by atoms with Crippen molar-refractivity contribution in [1.82, 2.24) is 5.32 Å². The van der Waals surface area contributed by atoms with E-state index in [0.717, 1.165) is 12.0 Å². The first-order chi connectivity index (χ1) is 21.7. The molecule has 0 aliphatic carbocycles. The van der Waals surface area contributed by atoms with E-state index in [4.69, 9.17) is 24.4 Å². The fourth-order valence-corrected chi connectivity index (χ4v) is 6.39. The van der Waals surface area contributed by atoms with Crippen molar-refractivity contribution in [2.24, 2.45) is 5.92 Å². The van der Waals surface area contributed by atoms with Crippen molar-refractivity contribution in [2.45, 2.75) is 121 Å². The molecule has 3 aliphatic heterocycles. The summed E-state index contributed by atoms with van der Waals surface area (Å²) in [7, 11) is 0. The van der Waals surface area contributed by atoms with Crippen LogP contribution in [-0.2, 0) is 38.1 Å². The van der Waals surface area contributed by atoms with Gasteiger partial charge in [-0.15, -0.1) is 0 Å². The number of rotatable bonds is 16. The molecule has 1 spiro atoms. The highest BCUT2D eigenvalue weighted by atomic mass is 32.2. The lowest BCUT2D eigenvalue weighted by molar-refractivity contribution is -0.144. The van der Waals surface area contributed by atoms with Gasteiger partial charge in [0.1, 0.15) is 35.5 Å². The number of aliphatic hydroxyl groups excluding tert-OH is 1. The Morgan fingerprint density at radius 3 is 2.48 bits per heavy atom. The number of Topliss-reactive ketones (excluding diaryl/α,β-unsaturated/α-hetero) is 2. The molecule has 256 valence electrons. The summed E-state index contributed by atoms with van der Waals surface area (Å²) < 4.78 is 23.0. The van der Waals surface area contributed by atoms with Crippen molar-refractivity contribution < 1.29 is 43.2 Å². The third-order valence-electron chi connectivity index (χ3n) is 8.51. The van der Waals surface area contributed by atoms with Gasteiger partial charge in [-0.1, -0.05) is 30.7 Å². The van der Waals surface area contributed by atoms with Crippen LogP contribution in [0.25, 0.3) is 0 Å². The van der Waals surface area contributed by atoms with Crippen molar-refractivity contribution >= 4 is 40.9 Å². The molecule has 3 heterocycles. The maximum atomic E-state index is 12.7. The van der Waals surface area contributed by atoms with Crippen LogP contribution >= 0.6 is 11.8 Å². The fraction of sp³-hybridized carbons (Fsp3) is 0.676. The van der Waals surface area contributed by atoms with E-state index in [-0.39, 0.29) is 66.6 Å². The van der Waals surface area contributed by atoms with Crippen molar-refractivity contribution in [1.29, 1.82) is 5.41 Å². The zero-order chi connectivity index (χ0) is 34.0. The molecule has 0 radical (unpaired) electrons. The van der Waals surface area contributed by atoms with E-state index in [1.807, 2.05) is 26.2 Å². The van der Waals surface area contributed by atoms with Crippen LogP contribution in [-0.4, -0.2) is 101 Å². The molecule has 12 heteroatoms. The van der Waals surface area contributed by atoms with Gasteiger partial charge in [-0.25, -0.2) is 0 Å². The normalized spacial score (nSPS) is 32.0. The Bertz CT molecular complexity index is 1210. The summed E-state index contributed by atoms with van der Waals surface area (Å²) >= 11 is 1.40. The fourth-order valence-electron chi connectivity index (χ4n) is 5.96. The van der Waals surface area contributed by atoms with Crippen LogP contribution in [0.15, 0.2) is 36.0 Å². The molecule has 0 aromatic rings. The maximum Gasteiger partial charge on any atom is 0.303 e. The minimum Gasteiger partial charge on any atom is -0.459 e. The molecular weight excluding hydrogens is 612 g/mol. The Labute approximate surface area is 276 Å². The molecule has 0 unspecified atom stereocenters. The number of esters is 1. The van der Waals surface area contributed by atoms with Crippen LogP contribution in [0.2, 0.25) is 0 Å². The number of hydrogen-bond donors (Lipinski definition) is 3. The van der Waals surface area contributed by atoms with Crippen molar-refractivity contribution in [3.8, 4) is 0 Å². The van der Waals surface area contributed by atoms with Crippen molar-refractivity contribution in [3.05, 3.63) is 36.0 Å². The Hall–Kier alpha value is -2.64. The lowest BCUT2D eigenvalue weighted by Gasteiger charge is -2.39. The highest BCUT2D eigenvalue weighted by Crippen LogP contribution is 2.43. The summed E-state index contributed by atoms with van der Waals surface area (Å²) in [6.45, 7) is 9.41. The summed E-state index contributed by atoms with van der Waals surface area (Å²) in [6.07, 6.45) is 9.66. The predicted molar refractivity (Wildman–Crippen MR) is 176 cm³/mol. The number of carbonyl (C=O) groups is 4. The third-order valence-corrected chi connectivity index (χ3v) is 9.12. The summed E-state index contributed by atoms with van der Waals surface area (Å²) in [5, 5.41) is 22.0. The number of thioether (sulfide) groups is 1. The number of nitrogens with one attached hydrogen (secondary N) is 2.